The van der Waals surface area contributed by atoms with Crippen LogP contribution in [0.2, 0.25) is 0 Å². The van der Waals surface area contributed by atoms with E-state index in [9.17, 15) is 47.0 Å². The first-order valence-corrected chi connectivity index (χ1v) is 46.9. The first-order valence-electron chi connectivity index (χ1n) is 37.9. The average molecular weight is 1850 g/mol. The highest BCUT2D eigenvalue weighted by atomic mass is 31.2. The Morgan fingerprint density at radius 2 is 0.610 bits per heavy atom. The predicted octanol–water partition coefficient (Wildman–Crippen LogP) is 3.81. The Bertz CT molecular complexity index is 2580. The van der Waals surface area contributed by atoms with Crippen LogP contribution in [0.4, 0.5) is 0 Å². The third kappa shape index (κ3) is 74.6. The Morgan fingerprint density at radius 1 is 0.373 bits per heavy atom. The summed E-state index contributed by atoms with van der Waals surface area (Å²) >= 11 is 0. The van der Waals surface area contributed by atoms with Gasteiger partial charge in [-0.15, -0.1) is 12.3 Å². The SMILES string of the molecule is C#CC.C=O.COP(=O)(O)OC[C@H]1OCC[C@H]1OP(=O)(O)OCCCCCCN.COP(=O)(O)OC[C@H]1OCC[C@H]1OP(=O)(O)OCCCCCCN.COP(=O)(O)O[C@@H]1CCO[C@@H]1CO.COP(=O)(O)O[C@@H]1CCO[C@@H]1CO.[N-]=[N+]=NCCOCCOCCOCCOCCOCCOCCOCCOCCOCCOCCOCCN. The number of carbonyl (C=O) groups excluding carboxylic acids is 1. The number of rotatable bonds is 69. The van der Waals surface area contributed by atoms with E-state index in [2.05, 4.69) is 40.5 Å². The van der Waals surface area contributed by atoms with Crippen molar-refractivity contribution in [3.8, 4) is 12.3 Å². The predicted molar refractivity (Wildman–Crippen MR) is 421 cm³/mol. The lowest BCUT2D eigenvalue weighted by Crippen LogP contribution is -2.28. The lowest BCUT2D eigenvalue weighted by Gasteiger charge is -2.22. The van der Waals surface area contributed by atoms with Gasteiger partial charge in [-0.1, -0.05) is 30.8 Å². The van der Waals surface area contributed by atoms with Gasteiger partial charge in [0.05, 0.1) is 185 Å². The van der Waals surface area contributed by atoms with Gasteiger partial charge in [-0.2, -0.15) is 0 Å². The second kappa shape index (κ2) is 81.2. The number of nitrogens with two attached hydrogens (primary N) is 3. The molecule has 4 rings (SSSR count). The zero-order chi connectivity index (χ0) is 88.8. The van der Waals surface area contributed by atoms with Crippen molar-refractivity contribution < 1.29 is 197 Å². The largest absolute Gasteiger partial charge is 0.472 e. The number of hydrogen-bond acceptors (Lipinski definition) is 40. The van der Waals surface area contributed by atoms with E-state index < -0.39 is 95.8 Å². The molecule has 14 atom stereocenters. The molecule has 0 aromatic rings. The van der Waals surface area contributed by atoms with Crippen LogP contribution >= 0.6 is 46.9 Å². The van der Waals surface area contributed by atoms with Gasteiger partial charge in [-0.05, 0) is 51.2 Å². The van der Waals surface area contributed by atoms with Gasteiger partial charge < -0.3 is 133 Å². The molecule has 0 bridgehead atoms. The van der Waals surface area contributed by atoms with Gasteiger partial charge in [0.15, 0.2) is 0 Å². The van der Waals surface area contributed by atoms with Crippen molar-refractivity contribution in [3.63, 3.8) is 0 Å². The summed E-state index contributed by atoms with van der Waals surface area (Å²) in [5.41, 5.74) is 24.2. The second-order valence-corrected chi connectivity index (χ2v) is 32.7. The number of aliphatic hydroxyl groups excluding tert-OH is 2. The van der Waals surface area contributed by atoms with Crippen molar-refractivity contribution in [2.45, 2.75) is 133 Å². The van der Waals surface area contributed by atoms with E-state index in [0.717, 1.165) is 67.0 Å². The highest BCUT2D eigenvalue weighted by Crippen LogP contribution is 2.50. The van der Waals surface area contributed by atoms with Crippen LogP contribution in [-0.2, 0) is 158 Å². The number of nitrogens with zero attached hydrogens (tertiary/aromatic N) is 3. The lowest BCUT2D eigenvalue weighted by molar-refractivity contribution is -0.0980. The van der Waals surface area contributed by atoms with Crippen molar-refractivity contribution in [1.29, 1.82) is 0 Å². The molecular weight excluding hydrogens is 1710 g/mol. The summed E-state index contributed by atoms with van der Waals surface area (Å²) in [5, 5.41) is 20.9. The molecule has 4 heterocycles. The molecule has 0 aromatic carbocycles. The Balaban J connectivity index is -0.00000146. The molecule has 4 aliphatic heterocycles. The Morgan fingerprint density at radius 3 is 0.856 bits per heavy atom. The van der Waals surface area contributed by atoms with Crippen LogP contribution in [0, 0.1) is 12.3 Å². The minimum atomic E-state index is -4.23. The minimum Gasteiger partial charge on any atom is -0.394 e. The zero-order valence-electron chi connectivity index (χ0n) is 68.6. The molecule has 48 nitrogen and oxygen atoms in total. The summed E-state index contributed by atoms with van der Waals surface area (Å²) in [6.07, 6.45) is 7.66. The molecule has 6 unspecified atom stereocenters. The maximum absolute atomic E-state index is 11.9. The fourth-order valence-electron chi connectivity index (χ4n) is 9.02. The van der Waals surface area contributed by atoms with Crippen LogP contribution in [0.25, 0.3) is 10.4 Å². The van der Waals surface area contributed by atoms with E-state index in [0.29, 0.717) is 223 Å². The Hall–Kier alpha value is -1.60. The molecule has 0 aliphatic carbocycles. The lowest BCUT2D eigenvalue weighted by atomic mass is 10.2. The molecular formula is C64H136N6O42P6. The first kappa shape index (κ1) is 121. The quantitative estimate of drug-likeness (QED) is 0.0103. The number of hydrogen-bond donors (Lipinski definition) is 11. The molecule has 118 heavy (non-hydrogen) atoms. The number of aliphatic hydroxyl groups is 2. The molecule has 4 saturated heterocycles. The summed E-state index contributed by atoms with van der Waals surface area (Å²) < 4.78 is 204. The standard InChI is InChI=1S/C24H50N4O11.2C12H27NO9P2.2C6H13O6P.C3H4.CH2O/c25-1-3-29-5-7-31-9-11-33-13-15-35-17-19-37-21-23-39-24-22-38-20-18-36-16-14-34-12-10-32-8-6-30-4-2-27-28-26;2*1-18-23(14,15)21-10-12-11(6-9-19-12)22-24(16,17)20-8-5-3-2-4-7-13;2*1-10-13(8,9)12-5-2-3-11-6(5)4-7;1-3-2;1-2/h1-25H2;2*11-12H,2-10,13H2,1H3,(H,14,15)(H,16,17);2*5-7H,2-4H2,1H3,(H,8,9);1H,2H3;1H2/t;2*11-,12-;2*5-,6-;;/m.1111../s1. The Labute approximate surface area is 692 Å². The van der Waals surface area contributed by atoms with Gasteiger partial charge in [0.25, 0.3) is 0 Å². The van der Waals surface area contributed by atoms with Crippen LogP contribution in [0.15, 0.2) is 5.11 Å². The number of ether oxygens (including phenoxy) is 15. The third-order valence-electron chi connectivity index (χ3n) is 14.8. The van der Waals surface area contributed by atoms with Crippen LogP contribution < -0.4 is 17.2 Å². The number of carbonyl (C=O) groups is 1. The van der Waals surface area contributed by atoms with E-state index in [1.807, 2.05) is 6.79 Å². The number of azide groups is 1. The monoisotopic (exact) mass is 1850 g/mol. The topological polar surface area (TPSA) is 657 Å². The molecule has 0 saturated carbocycles. The van der Waals surface area contributed by atoms with E-state index in [4.69, 9.17) is 155 Å². The van der Waals surface area contributed by atoms with Crippen molar-refractivity contribution in [3.05, 3.63) is 10.4 Å². The molecule has 0 radical (unpaired) electrons. The molecule has 54 heteroatoms. The van der Waals surface area contributed by atoms with Crippen LogP contribution in [0.1, 0.15) is 84.0 Å². The van der Waals surface area contributed by atoms with Gasteiger partial charge in [-0.3, -0.25) is 54.3 Å². The summed E-state index contributed by atoms with van der Waals surface area (Å²) in [4.78, 5) is 66.4. The van der Waals surface area contributed by atoms with Crippen LogP contribution in [-0.4, -0.2) is 361 Å². The average Bonchev–Trinajstić information content (AvgIpc) is 1.72. The number of phosphoric ester groups is 6. The van der Waals surface area contributed by atoms with Gasteiger partial charge in [0.1, 0.15) is 55.6 Å². The van der Waals surface area contributed by atoms with E-state index in [1.165, 1.54) is 0 Å². The van der Waals surface area contributed by atoms with Crippen molar-refractivity contribution in [1.82, 2.24) is 0 Å². The number of phosphoric acid groups is 6. The third-order valence-corrected chi connectivity index (χ3v) is 20.8. The number of terminal acetylenes is 1. The molecule has 4 fully saturated rings. The molecule has 0 aromatic heterocycles. The molecule has 4 aliphatic rings. The summed E-state index contributed by atoms with van der Waals surface area (Å²) in [7, 11) is -20.4. The van der Waals surface area contributed by atoms with Gasteiger partial charge in [0, 0.05) is 98.6 Å². The molecule has 704 valence electrons. The molecule has 0 amide bonds. The van der Waals surface area contributed by atoms with Gasteiger partial charge in [-0.25, -0.2) is 27.4 Å². The van der Waals surface area contributed by atoms with E-state index in [-0.39, 0.29) is 52.9 Å². The second-order valence-electron chi connectivity index (χ2n) is 23.7. The number of unbranched alkanes of at least 4 members (excludes halogenated alkanes) is 6. The summed E-state index contributed by atoms with van der Waals surface area (Å²) in [6.45, 7) is 17.4. The summed E-state index contributed by atoms with van der Waals surface area (Å²) in [6, 6.07) is 0. The van der Waals surface area contributed by atoms with Gasteiger partial charge >= 0.3 is 46.9 Å². The van der Waals surface area contributed by atoms with E-state index >= 15 is 0 Å². The highest BCUT2D eigenvalue weighted by molar-refractivity contribution is 7.48. The maximum atomic E-state index is 11.9. The highest BCUT2D eigenvalue weighted by Gasteiger charge is 2.41. The zero-order valence-corrected chi connectivity index (χ0v) is 73.9. The van der Waals surface area contributed by atoms with Gasteiger partial charge in [0.2, 0.25) is 0 Å². The smallest absolute Gasteiger partial charge is 0.394 e. The normalized spacial score (nSPS) is 21.8. The fourth-order valence-corrected chi connectivity index (χ4v) is 13.2. The van der Waals surface area contributed by atoms with Crippen LogP contribution in [0.5, 0.6) is 0 Å². The molecule has 14 N–H and O–H groups in total. The minimum absolute atomic E-state index is 0.0998. The van der Waals surface area contributed by atoms with E-state index in [1.54, 1.807) is 6.92 Å². The van der Waals surface area contributed by atoms with Crippen molar-refractivity contribution >= 4 is 53.7 Å². The van der Waals surface area contributed by atoms with Crippen LogP contribution in [0.3, 0.4) is 0 Å². The van der Waals surface area contributed by atoms with Crippen molar-refractivity contribution in [2.24, 2.45) is 22.3 Å². The molecule has 0 spiro atoms. The van der Waals surface area contributed by atoms with Crippen molar-refractivity contribution in [2.75, 3.05) is 266 Å². The first-order chi connectivity index (χ1) is 56.6. The maximum Gasteiger partial charge on any atom is 0.472 e. The summed E-state index contributed by atoms with van der Waals surface area (Å²) in [5.74, 6) is 2.25. The Kier molecular flexibility index (Phi) is 82.9. The fraction of sp³-hybridized carbons (Fsp3) is 0.953.